The van der Waals surface area contributed by atoms with Gasteiger partial charge in [0.1, 0.15) is 29.0 Å². The summed E-state index contributed by atoms with van der Waals surface area (Å²) >= 11 is 0. The van der Waals surface area contributed by atoms with E-state index in [0.29, 0.717) is 0 Å². The number of anilines is 1. The predicted molar refractivity (Wildman–Crippen MR) is 87.5 cm³/mol. The first-order valence-corrected chi connectivity index (χ1v) is 7.23. The van der Waals surface area contributed by atoms with E-state index >= 15 is 0 Å². The third-order valence-corrected chi connectivity index (χ3v) is 3.27. The number of phenols is 2. The number of amides is 1. The van der Waals surface area contributed by atoms with Crippen LogP contribution in [0.1, 0.15) is 6.92 Å². The zero-order valence-electron chi connectivity index (χ0n) is 13.0. The summed E-state index contributed by atoms with van der Waals surface area (Å²) in [7, 11) is 0. The molecule has 3 aromatic rings. The number of nitrogens with zero attached hydrogens (tertiary/aromatic N) is 2. The average Bonchev–Trinajstić information content (AvgIpc) is 2.54. The third kappa shape index (κ3) is 3.20. The number of rotatable bonds is 3. The molecule has 0 fully saturated rings. The summed E-state index contributed by atoms with van der Waals surface area (Å²) in [5.41, 5.74) is -0.394. The van der Waals surface area contributed by atoms with E-state index in [1.165, 1.54) is 18.6 Å². The number of fused-ring (bicyclic) bond motifs is 1. The van der Waals surface area contributed by atoms with Crippen LogP contribution in [0.4, 0.5) is 10.5 Å². The molecule has 128 valence electrons. The molecule has 3 N–H and O–H groups in total. The van der Waals surface area contributed by atoms with Gasteiger partial charge in [-0.1, -0.05) is 0 Å². The van der Waals surface area contributed by atoms with Crippen molar-refractivity contribution >= 4 is 22.9 Å². The van der Waals surface area contributed by atoms with Crippen LogP contribution in [-0.4, -0.2) is 32.9 Å². The average molecular weight is 343 g/mol. The number of aromatic hydroxyl groups is 2. The first kappa shape index (κ1) is 16.2. The lowest BCUT2D eigenvalue weighted by Crippen LogP contribution is -2.14. The van der Waals surface area contributed by atoms with Gasteiger partial charge in [0.25, 0.3) is 0 Å². The van der Waals surface area contributed by atoms with E-state index in [4.69, 9.17) is 9.15 Å². The van der Waals surface area contributed by atoms with Gasteiger partial charge in [-0.15, -0.1) is 0 Å². The number of carbonyl (C=O) groups excluding carboxylic acids is 1. The topological polar surface area (TPSA) is 135 Å². The van der Waals surface area contributed by atoms with Gasteiger partial charge >= 0.3 is 6.09 Å². The minimum Gasteiger partial charge on any atom is -0.508 e. The molecule has 0 saturated carbocycles. The Labute approximate surface area is 140 Å². The second kappa shape index (κ2) is 6.48. The molecule has 2 heterocycles. The Kier molecular flexibility index (Phi) is 4.21. The van der Waals surface area contributed by atoms with E-state index in [0.717, 1.165) is 12.1 Å². The lowest BCUT2D eigenvalue weighted by Gasteiger charge is -2.13. The Morgan fingerprint density at radius 3 is 2.88 bits per heavy atom. The summed E-state index contributed by atoms with van der Waals surface area (Å²) in [6.45, 7) is 1.76. The molecule has 25 heavy (non-hydrogen) atoms. The van der Waals surface area contributed by atoms with E-state index in [2.05, 4.69) is 15.3 Å². The Bertz CT molecular complexity index is 1010. The maximum atomic E-state index is 12.2. The molecule has 0 bridgehead atoms. The van der Waals surface area contributed by atoms with Crippen LogP contribution in [0.25, 0.3) is 22.4 Å². The van der Waals surface area contributed by atoms with Crippen molar-refractivity contribution in [2.24, 2.45) is 0 Å². The van der Waals surface area contributed by atoms with Crippen LogP contribution in [0.3, 0.4) is 0 Å². The van der Waals surface area contributed by atoms with Crippen molar-refractivity contribution in [3.05, 3.63) is 40.9 Å². The smallest absolute Gasteiger partial charge is 0.411 e. The van der Waals surface area contributed by atoms with Crippen molar-refractivity contribution in [3.63, 3.8) is 0 Å². The summed E-state index contributed by atoms with van der Waals surface area (Å²) in [6, 6.07) is 3.38. The Hall–Kier alpha value is -3.62. The van der Waals surface area contributed by atoms with Crippen LogP contribution in [0, 0.1) is 0 Å². The summed E-state index contributed by atoms with van der Waals surface area (Å²) in [4.78, 5) is 31.5. The first-order chi connectivity index (χ1) is 12.0. The zero-order valence-corrected chi connectivity index (χ0v) is 13.0. The maximum absolute atomic E-state index is 12.2. The lowest BCUT2D eigenvalue weighted by atomic mass is 10.1. The standard InChI is InChI=1S/C16H13N3O6/c1-2-24-16(23)19-10-3-8(20)4-12(22)14(10)13-5-11(21)9-6-17-7-18-15(9)25-13/h3-7,20,22H,2H2,1H3,(H,19,23). The van der Waals surface area contributed by atoms with Crippen LogP contribution in [0.2, 0.25) is 0 Å². The van der Waals surface area contributed by atoms with E-state index < -0.39 is 17.3 Å². The normalized spacial score (nSPS) is 10.6. The van der Waals surface area contributed by atoms with Gasteiger partial charge in [0, 0.05) is 24.4 Å². The van der Waals surface area contributed by atoms with E-state index in [1.54, 1.807) is 6.92 Å². The molecule has 0 saturated heterocycles. The molecule has 0 atom stereocenters. The number of ether oxygens (including phenoxy) is 1. The minimum atomic E-state index is -0.792. The molecule has 0 aliphatic carbocycles. The van der Waals surface area contributed by atoms with Crippen molar-refractivity contribution in [3.8, 4) is 22.8 Å². The summed E-state index contributed by atoms with van der Waals surface area (Å²) in [5.74, 6) is -0.734. The SMILES string of the molecule is CCOC(=O)Nc1cc(O)cc(O)c1-c1cc(=O)c2cncnc2o1. The highest BCUT2D eigenvalue weighted by Gasteiger charge is 2.19. The van der Waals surface area contributed by atoms with Crippen molar-refractivity contribution in [2.45, 2.75) is 6.92 Å². The molecule has 2 aromatic heterocycles. The van der Waals surface area contributed by atoms with Gasteiger partial charge in [0.05, 0.1) is 17.9 Å². The van der Waals surface area contributed by atoms with Gasteiger partial charge in [0.15, 0.2) is 5.43 Å². The van der Waals surface area contributed by atoms with Crippen LogP contribution < -0.4 is 10.7 Å². The number of benzene rings is 1. The molecule has 0 radical (unpaired) electrons. The van der Waals surface area contributed by atoms with Crippen LogP contribution in [0.15, 0.2) is 39.9 Å². The van der Waals surface area contributed by atoms with Crippen LogP contribution in [0.5, 0.6) is 11.5 Å². The van der Waals surface area contributed by atoms with Gasteiger partial charge in [-0.25, -0.2) is 14.8 Å². The van der Waals surface area contributed by atoms with Crippen molar-refractivity contribution < 1.29 is 24.2 Å². The Morgan fingerprint density at radius 2 is 2.12 bits per heavy atom. The van der Waals surface area contributed by atoms with Gasteiger partial charge in [-0.2, -0.15) is 0 Å². The number of hydrogen-bond acceptors (Lipinski definition) is 8. The van der Waals surface area contributed by atoms with Crippen molar-refractivity contribution in [1.29, 1.82) is 0 Å². The Morgan fingerprint density at radius 1 is 1.32 bits per heavy atom. The van der Waals surface area contributed by atoms with Gasteiger partial charge in [-0.3, -0.25) is 10.1 Å². The highest BCUT2D eigenvalue weighted by atomic mass is 16.5. The van der Waals surface area contributed by atoms with E-state index in [9.17, 15) is 19.8 Å². The number of carbonyl (C=O) groups is 1. The first-order valence-electron chi connectivity index (χ1n) is 7.23. The highest BCUT2D eigenvalue weighted by Crippen LogP contribution is 2.39. The highest BCUT2D eigenvalue weighted by molar-refractivity contribution is 5.93. The molecule has 1 amide bonds. The number of nitrogens with one attached hydrogen (secondary N) is 1. The second-order valence-electron chi connectivity index (χ2n) is 4.95. The molecular formula is C16H13N3O6. The van der Waals surface area contributed by atoms with E-state index in [1.807, 2.05) is 0 Å². The molecule has 0 unspecified atom stereocenters. The monoisotopic (exact) mass is 343 g/mol. The fourth-order valence-corrected chi connectivity index (χ4v) is 2.27. The van der Waals surface area contributed by atoms with Crippen LogP contribution in [-0.2, 0) is 4.74 Å². The zero-order chi connectivity index (χ0) is 18.0. The van der Waals surface area contributed by atoms with Crippen molar-refractivity contribution in [2.75, 3.05) is 11.9 Å². The van der Waals surface area contributed by atoms with Gasteiger partial charge in [-0.05, 0) is 6.92 Å². The lowest BCUT2D eigenvalue weighted by molar-refractivity contribution is 0.168. The van der Waals surface area contributed by atoms with Gasteiger partial charge in [0.2, 0.25) is 5.71 Å². The van der Waals surface area contributed by atoms with Gasteiger partial charge < -0.3 is 19.4 Å². The fourth-order valence-electron chi connectivity index (χ4n) is 2.27. The fraction of sp³-hybridized carbons (Fsp3) is 0.125. The Balaban J connectivity index is 2.19. The minimum absolute atomic E-state index is 0.00321. The largest absolute Gasteiger partial charge is 0.508 e. The number of phenolic OH excluding ortho intramolecular Hbond substituents is 2. The molecule has 9 nitrogen and oxygen atoms in total. The molecule has 0 aliphatic rings. The summed E-state index contributed by atoms with van der Waals surface area (Å²) in [6.07, 6.45) is 1.73. The number of aromatic nitrogens is 2. The molecule has 0 spiro atoms. The summed E-state index contributed by atoms with van der Waals surface area (Å²) in [5, 5.41) is 22.4. The maximum Gasteiger partial charge on any atom is 0.411 e. The third-order valence-electron chi connectivity index (χ3n) is 3.27. The quantitative estimate of drug-likeness (QED) is 0.659. The van der Waals surface area contributed by atoms with Crippen LogP contribution >= 0.6 is 0 Å². The molecule has 9 heteroatoms. The van der Waals surface area contributed by atoms with E-state index in [-0.39, 0.29) is 40.5 Å². The molecule has 1 aromatic carbocycles. The molecule has 3 rings (SSSR count). The molecule has 0 aliphatic heterocycles. The molecular weight excluding hydrogens is 330 g/mol. The second-order valence-corrected chi connectivity index (χ2v) is 4.95. The predicted octanol–water partition coefficient (Wildman–Crippen LogP) is 2.23. The van der Waals surface area contributed by atoms with Crippen molar-refractivity contribution in [1.82, 2.24) is 9.97 Å². The number of hydrogen-bond donors (Lipinski definition) is 3. The summed E-state index contributed by atoms with van der Waals surface area (Å²) < 4.78 is 10.3.